The summed E-state index contributed by atoms with van der Waals surface area (Å²) in [6, 6.07) is 9.52. The van der Waals surface area contributed by atoms with E-state index in [1.807, 2.05) is 51.1 Å². The van der Waals surface area contributed by atoms with Crippen LogP contribution in [0.15, 0.2) is 30.3 Å². The highest BCUT2D eigenvalue weighted by atomic mass is 16.2. The molecule has 1 atom stereocenters. The van der Waals surface area contributed by atoms with Gasteiger partial charge in [0.15, 0.2) is 0 Å². The fourth-order valence-electron chi connectivity index (χ4n) is 2.57. The van der Waals surface area contributed by atoms with E-state index >= 15 is 0 Å². The van der Waals surface area contributed by atoms with E-state index in [2.05, 4.69) is 0 Å². The summed E-state index contributed by atoms with van der Waals surface area (Å²) >= 11 is 0. The van der Waals surface area contributed by atoms with Gasteiger partial charge in [0.25, 0.3) is 0 Å². The third kappa shape index (κ3) is 2.84. The molecule has 1 unspecified atom stereocenters. The summed E-state index contributed by atoms with van der Waals surface area (Å²) in [5, 5.41) is 0. The van der Waals surface area contributed by atoms with Crippen molar-refractivity contribution in [1.82, 2.24) is 4.90 Å². The van der Waals surface area contributed by atoms with Crippen LogP contribution in [0.1, 0.15) is 27.2 Å². The number of rotatable bonds is 2. The average molecular weight is 274 g/mol. The minimum atomic E-state index is -0.244. The fraction of sp³-hybridized carbons (Fsp3) is 0.500. The van der Waals surface area contributed by atoms with Crippen LogP contribution in [0.3, 0.4) is 0 Å². The summed E-state index contributed by atoms with van der Waals surface area (Å²) < 4.78 is 0. The van der Waals surface area contributed by atoms with Gasteiger partial charge in [0.2, 0.25) is 11.8 Å². The average Bonchev–Trinajstić information content (AvgIpc) is 2.80. The molecular weight excluding hydrogens is 252 g/mol. The Labute approximate surface area is 120 Å². The lowest BCUT2D eigenvalue weighted by molar-refractivity contribution is -0.131. The third-order valence-corrected chi connectivity index (χ3v) is 3.76. The highest BCUT2D eigenvalue weighted by molar-refractivity contribution is 5.98. The van der Waals surface area contributed by atoms with Crippen molar-refractivity contribution in [3.8, 4) is 0 Å². The van der Waals surface area contributed by atoms with Gasteiger partial charge in [0, 0.05) is 31.2 Å². The summed E-state index contributed by atoms with van der Waals surface area (Å²) in [6.07, 6.45) is 0.313. The molecule has 1 aliphatic rings. The smallest absolute Gasteiger partial charge is 0.232 e. The number of hydrogen-bond donors (Lipinski definition) is 0. The predicted molar refractivity (Wildman–Crippen MR) is 79.4 cm³/mol. The van der Waals surface area contributed by atoms with Crippen LogP contribution in [-0.4, -0.2) is 35.8 Å². The topological polar surface area (TPSA) is 40.6 Å². The van der Waals surface area contributed by atoms with Crippen molar-refractivity contribution in [3.63, 3.8) is 0 Å². The largest absolute Gasteiger partial charge is 0.337 e. The molecule has 20 heavy (non-hydrogen) atoms. The summed E-state index contributed by atoms with van der Waals surface area (Å²) in [4.78, 5) is 28.0. The molecule has 0 saturated carbocycles. The molecule has 108 valence electrons. The number of amides is 2. The zero-order chi connectivity index (χ0) is 14.9. The van der Waals surface area contributed by atoms with Crippen LogP contribution in [0.25, 0.3) is 0 Å². The van der Waals surface area contributed by atoms with Gasteiger partial charge in [-0.15, -0.1) is 0 Å². The quantitative estimate of drug-likeness (QED) is 0.830. The van der Waals surface area contributed by atoms with Crippen LogP contribution in [0, 0.1) is 5.92 Å². The monoisotopic (exact) mass is 274 g/mol. The van der Waals surface area contributed by atoms with Crippen molar-refractivity contribution < 1.29 is 9.59 Å². The van der Waals surface area contributed by atoms with E-state index in [9.17, 15) is 9.59 Å². The Bertz CT molecular complexity index is 505. The molecule has 1 heterocycles. The molecule has 0 spiro atoms. The Morgan fingerprint density at radius 1 is 1.25 bits per heavy atom. The van der Waals surface area contributed by atoms with Gasteiger partial charge in [-0.05, 0) is 32.9 Å². The molecule has 1 saturated heterocycles. The number of anilines is 1. The van der Waals surface area contributed by atoms with Gasteiger partial charge in [-0.1, -0.05) is 18.2 Å². The van der Waals surface area contributed by atoms with Gasteiger partial charge in [0.1, 0.15) is 0 Å². The lowest BCUT2D eigenvalue weighted by Gasteiger charge is -2.32. The number of nitrogens with zero attached hydrogens (tertiary/aromatic N) is 2. The maximum absolute atomic E-state index is 12.5. The first-order valence-electron chi connectivity index (χ1n) is 6.94. The van der Waals surface area contributed by atoms with Crippen molar-refractivity contribution in [3.05, 3.63) is 30.3 Å². The second-order valence-electron chi connectivity index (χ2n) is 6.31. The first-order valence-corrected chi connectivity index (χ1v) is 6.94. The summed E-state index contributed by atoms with van der Waals surface area (Å²) in [5.74, 6) is -0.166. The Hall–Kier alpha value is -1.84. The molecule has 1 aromatic rings. The molecule has 0 bridgehead atoms. The van der Waals surface area contributed by atoms with Gasteiger partial charge in [-0.3, -0.25) is 9.59 Å². The van der Waals surface area contributed by atoms with E-state index in [-0.39, 0.29) is 23.3 Å². The van der Waals surface area contributed by atoms with Crippen LogP contribution < -0.4 is 4.90 Å². The van der Waals surface area contributed by atoms with Gasteiger partial charge in [0.05, 0.1) is 5.92 Å². The van der Waals surface area contributed by atoms with Crippen molar-refractivity contribution in [2.24, 2.45) is 5.92 Å². The van der Waals surface area contributed by atoms with Gasteiger partial charge in [-0.2, -0.15) is 0 Å². The lowest BCUT2D eigenvalue weighted by Crippen LogP contribution is -2.43. The second kappa shape index (κ2) is 5.27. The molecule has 2 amide bonds. The van der Waals surface area contributed by atoms with E-state index in [1.165, 1.54) is 0 Å². The maximum atomic E-state index is 12.5. The van der Waals surface area contributed by atoms with Crippen molar-refractivity contribution >= 4 is 17.5 Å². The number of likely N-dealkylation sites (tertiary alicyclic amines) is 1. The molecule has 4 heteroatoms. The zero-order valence-electron chi connectivity index (χ0n) is 12.6. The van der Waals surface area contributed by atoms with Crippen molar-refractivity contribution in [2.45, 2.75) is 32.7 Å². The summed E-state index contributed by atoms with van der Waals surface area (Å²) in [7, 11) is 1.77. The standard InChI is InChI=1S/C16H22N2O2/c1-16(2,3)18-11-12(10-14(18)19)15(20)17(4)13-8-6-5-7-9-13/h5-9,12H,10-11H2,1-4H3. The van der Waals surface area contributed by atoms with Gasteiger partial charge < -0.3 is 9.80 Å². The highest BCUT2D eigenvalue weighted by Crippen LogP contribution is 2.27. The van der Waals surface area contributed by atoms with Crippen LogP contribution in [0.4, 0.5) is 5.69 Å². The maximum Gasteiger partial charge on any atom is 0.232 e. The first kappa shape index (κ1) is 14.6. The number of hydrogen-bond acceptors (Lipinski definition) is 2. The zero-order valence-corrected chi connectivity index (χ0v) is 12.6. The van der Waals surface area contributed by atoms with E-state index in [1.54, 1.807) is 16.8 Å². The van der Waals surface area contributed by atoms with Crippen molar-refractivity contribution in [1.29, 1.82) is 0 Å². The second-order valence-corrected chi connectivity index (χ2v) is 6.31. The molecule has 4 nitrogen and oxygen atoms in total. The van der Waals surface area contributed by atoms with Crippen LogP contribution in [0.2, 0.25) is 0 Å². The minimum Gasteiger partial charge on any atom is -0.337 e. The van der Waals surface area contributed by atoms with Gasteiger partial charge in [-0.25, -0.2) is 0 Å². The number of carbonyl (C=O) groups excluding carboxylic acids is 2. The van der Waals surface area contributed by atoms with Crippen LogP contribution >= 0.6 is 0 Å². The van der Waals surface area contributed by atoms with Crippen molar-refractivity contribution in [2.75, 3.05) is 18.5 Å². The molecule has 2 rings (SSSR count). The van der Waals surface area contributed by atoms with E-state index < -0.39 is 0 Å². The molecule has 0 aromatic heterocycles. The lowest BCUT2D eigenvalue weighted by atomic mass is 10.1. The summed E-state index contributed by atoms with van der Waals surface area (Å²) in [6.45, 7) is 6.51. The van der Waals surface area contributed by atoms with Crippen LogP contribution in [0.5, 0.6) is 0 Å². The highest BCUT2D eigenvalue weighted by Gasteiger charge is 2.40. The molecule has 0 radical (unpaired) electrons. The normalized spacial score (nSPS) is 19.3. The molecular formula is C16H22N2O2. The third-order valence-electron chi connectivity index (χ3n) is 3.76. The van der Waals surface area contributed by atoms with Gasteiger partial charge >= 0.3 is 0 Å². The Kier molecular flexibility index (Phi) is 3.84. The summed E-state index contributed by atoms with van der Waals surface area (Å²) in [5.41, 5.74) is 0.636. The number of carbonyl (C=O) groups is 2. The molecule has 0 N–H and O–H groups in total. The number of para-hydroxylation sites is 1. The van der Waals surface area contributed by atoms with Crippen LogP contribution in [-0.2, 0) is 9.59 Å². The molecule has 1 aliphatic heterocycles. The van der Waals surface area contributed by atoms with E-state index in [0.717, 1.165) is 5.69 Å². The molecule has 0 aliphatic carbocycles. The number of benzene rings is 1. The van der Waals surface area contributed by atoms with E-state index in [4.69, 9.17) is 0 Å². The van der Waals surface area contributed by atoms with E-state index in [0.29, 0.717) is 13.0 Å². The SMILES string of the molecule is CN(C(=O)C1CC(=O)N(C(C)(C)C)C1)c1ccccc1. The Balaban J connectivity index is 2.10. The Morgan fingerprint density at radius 3 is 2.35 bits per heavy atom. The predicted octanol–water partition coefficient (Wildman–Crippen LogP) is 2.30. The Morgan fingerprint density at radius 2 is 1.85 bits per heavy atom. The first-order chi connectivity index (χ1) is 9.30. The fourth-order valence-corrected chi connectivity index (χ4v) is 2.57. The molecule has 1 aromatic carbocycles. The molecule has 1 fully saturated rings. The minimum absolute atomic E-state index is 0.0105.